The number of fused-ring (bicyclic) bond motifs is 1. The number of nitrogens with one attached hydrogen (secondary N) is 2. The number of hydrogen-bond donors (Lipinski definition) is 2. The quantitative estimate of drug-likeness (QED) is 0.530. The van der Waals surface area contributed by atoms with Crippen molar-refractivity contribution < 1.29 is 4.74 Å². The van der Waals surface area contributed by atoms with Gasteiger partial charge in [0, 0.05) is 18.4 Å². The molecule has 2 heterocycles. The van der Waals surface area contributed by atoms with E-state index in [4.69, 9.17) is 16.3 Å². The molecule has 136 valence electrons. The predicted molar refractivity (Wildman–Crippen MR) is 107 cm³/mol. The Labute approximate surface area is 161 Å². The van der Waals surface area contributed by atoms with Gasteiger partial charge in [-0.15, -0.1) is 0 Å². The molecule has 0 saturated heterocycles. The topological polar surface area (TPSA) is 76.9 Å². The van der Waals surface area contributed by atoms with Crippen molar-refractivity contribution in [3.8, 4) is 5.75 Å². The van der Waals surface area contributed by atoms with Crippen LogP contribution in [0.2, 0.25) is 5.02 Å². The highest BCUT2D eigenvalue weighted by molar-refractivity contribution is 6.32. The molecule has 7 nitrogen and oxygen atoms in total. The fourth-order valence-corrected chi connectivity index (χ4v) is 2.96. The molecule has 0 bridgehead atoms. The molecule has 0 aliphatic rings. The molecule has 0 saturated carbocycles. The van der Waals surface area contributed by atoms with E-state index in [1.807, 2.05) is 43.4 Å². The number of para-hydroxylation sites is 1. The SMILES string of the molecule is COc1ccc(Nc2nc(Nc3ccccc3)c3cnn(C)c3n2)cc1Cl. The third kappa shape index (κ3) is 3.50. The lowest BCUT2D eigenvalue weighted by Crippen LogP contribution is -2.03. The van der Waals surface area contributed by atoms with Gasteiger partial charge < -0.3 is 15.4 Å². The van der Waals surface area contributed by atoms with Crippen molar-refractivity contribution in [3.05, 3.63) is 59.8 Å². The second kappa shape index (κ2) is 7.13. The number of rotatable bonds is 5. The molecule has 27 heavy (non-hydrogen) atoms. The number of methoxy groups -OCH3 is 1. The van der Waals surface area contributed by atoms with Crippen molar-refractivity contribution in [1.82, 2.24) is 19.7 Å². The summed E-state index contributed by atoms with van der Waals surface area (Å²) < 4.78 is 6.89. The number of ether oxygens (including phenoxy) is 1. The first-order valence-corrected chi connectivity index (χ1v) is 8.64. The molecule has 0 spiro atoms. The normalized spacial score (nSPS) is 10.8. The second-order valence-corrected chi connectivity index (χ2v) is 6.27. The molecule has 4 aromatic rings. The van der Waals surface area contributed by atoms with Gasteiger partial charge in [0.1, 0.15) is 11.6 Å². The monoisotopic (exact) mass is 380 g/mol. The Bertz CT molecular complexity index is 1100. The van der Waals surface area contributed by atoms with Crippen LogP contribution in [0.5, 0.6) is 5.75 Å². The van der Waals surface area contributed by atoms with Crippen LogP contribution in [0, 0.1) is 0 Å². The smallest absolute Gasteiger partial charge is 0.231 e. The predicted octanol–water partition coefficient (Wildman–Crippen LogP) is 4.51. The summed E-state index contributed by atoms with van der Waals surface area (Å²) >= 11 is 6.20. The highest BCUT2D eigenvalue weighted by atomic mass is 35.5. The Kier molecular flexibility index (Phi) is 4.52. The standard InChI is InChI=1S/C19H17ClN6O/c1-26-18-14(11-21-26)17(22-12-6-4-3-5-7-12)24-19(25-18)23-13-8-9-16(27-2)15(20)10-13/h3-11H,1-2H3,(H2,22,23,24,25). The maximum atomic E-state index is 6.20. The summed E-state index contributed by atoms with van der Waals surface area (Å²) in [5.41, 5.74) is 2.40. The zero-order valence-electron chi connectivity index (χ0n) is 14.8. The molecule has 0 aliphatic heterocycles. The van der Waals surface area contributed by atoms with Gasteiger partial charge in [-0.25, -0.2) is 0 Å². The Morgan fingerprint density at radius 1 is 1.00 bits per heavy atom. The highest BCUT2D eigenvalue weighted by Gasteiger charge is 2.12. The summed E-state index contributed by atoms with van der Waals surface area (Å²) in [7, 11) is 3.42. The Morgan fingerprint density at radius 3 is 2.56 bits per heavy atom. The van der Waals surface area contributed by atoms with E-state index < -0.39 is 0 Å². The van der Waals surface area contributed by atoms with Crippen LogP contribution >= 0.6 is 11.6 Å². The van der Waals surface area contributed by atoms with Gasteiger partial charge >= 0.3 is 0 Å². The van der Waals surface area contributed by atoms with E-state index in [1.54, 1.807) is 30.1 Å². The first-order chi connectivity index (χ1) is 13.1. The molecule has 2 aromatic heterocycles. The van der Waals surface area contributed by atoms with Gasteiger partial charge in [-0.1, -0.05) is 29.8 Å². The average Bonchev–Trinajstić information content (AvgIpc) is 3.04. The second-order valence-electron chi connectivity index (χ2n) is 5.87. The highest BCUT2D eigenvalue weighted by Crippen LogP contribution is 2.30. The third-order valence-electron chi connectivity index (χ3n) is 4.04. The third-order valence-corrected chi connectivity index (χ3v) is 4.33. The van der Waals surface area contributed by atoms with Crippen molar-refractivity contribution in [2.75, 3.05) is 17.7 Å². The van der Waals surface area contributed by atoms with E-state index in [1.165, 1.54) is 0 Å². The van der Waals surface area contributed by atoms with Crippen molar-refractivity contribution in [2.45, 2.75) is 0 Å². The number of benzene rings is 2. The number of aryl methyl sites for hydroxylation is 1. The number of nitrogens with zero attached hydrogens (tertiary/aromatic N) is 4. The van der Waals surface area contributed by atoms with E-state index in [9.17, 15) is 0 Å². The summed E-state index contributed by atoms with van der Waals surface area (Å²) in [6.07, 6.45) is 1.74. The summed E-state index contributed by atoms with van der Waals surface area (Å²) in [4.78, 5) is 9.18. The molecule has 4 rings (SSSR count). The van der Waals surface area contributed by atoms with Crippen molar-refractivity contribution in [3.63, 3.8) is 0 Å². The number of hydrogen-bond acceptors (Lipinski definition) is 6. The molecule has 2 N–H and O–H groups in total. The van der Waals surface area contributed by atoms with Gasteiger partial charge in [0.15, 0.2) is 5.65 Å². The van der Waals surface area contributed by atoms with Gasteiger partial charge in [0.2, 0.25) is 5.95 Å². The summed E-state index contributed by atoms with van der Waals surface area (Å²) in [6.45, 7) is 0. The number of anilines is 4. The van der Waals surface area contributed by atoms with Crippen molar-refractivity contribution in [2.24, 2.45) is 7.05 Å². The number of aromatic nitrogens is 4. The first-order valence-electron chi connectivity index (χ1n) is 8.26. The number of halogens is 1. The maximum Gasteiger partial charge on any atom is 0.231 e. The van der Waals surface area contributed by atoms with Crippen LogP contribution in [-0.4, -0.2) is 26.9 Å². The maximum absolute atomic E-state index is 6.20. The van der Waals surface area contributed by atoms with E-state index in [0.717, 1.165) is 16.8 Å². The molecule has 0 aliphatic carbocycles. The molecule has 0 amide bonds. The molecular weight excluding hydrogens is 364 g/mol. The molecule has 0 radical (unpaired) electrons. The summed E-state index contributed by atoms with van der Waals surface area (Å²) in [5, 5.41) is 12.1. The Hall–Kier alpha value is -3.32. The summed E-state index contributed by atoms with van der Waals surface area (Å²) in [6, 6.07) is 15.2. The van der Waals surface area contributed by atoms with E-state index in [-0.39, 0.29) is 0 Å². The van der Waals surface area contributed by atoms with Crippen LogP contribution in [-0.2, 0) is 7.05 Å². The van der Waals surface area contributed by atoms with Crippen LogP contribution in [0.15, 0.2) is 54.7 Å². The zero-order valence-corrected chi connectivity index (χ0v) is 15.5. The molecule has 0 atom stereocenters. The lowest BCUT2D eigenvalue weighted by atomic mass is 10.3. The van der Waals surface area contributed by atoms with Crippen LogP contribution < -0.4 is 15.4 Å². The minimum absolute atomic E-state index is 0.436. The molecule has 2 aromatic carbocycles. The minimum Gasteiger partial charge on any atom is -0.495 e. The van der Waals surface area contributed by atoms with Gasteiger partial charge in [0.25, 0.3) is 0 Å². The van der Waals surface area contributed by atoms with Crippen LogP contribution in [0.1, 0.15) is 0 Å². The molecule has 0 unspecified atom stereocenters. The fourth-order valence-electron chi connectivity index (χ4n) is 2.70. The van der Waals surface area contributed by atoms with Crippen molar-refractivity contribution in [1.29, 1.82) is 0 Å². The fraction of sp³-hybridized carbons (Fsp3) is 0.105. The van der Waals surface area contributed by atoms with Gasteiger partial charge in [-0.2, -0.15) is 15.1 Å². The van der Waals surface area contributed by atoms with Crippen molar-refractivity contribution >= 4 is 45.8 Å². The zero-order chi connectivity index (χ0) is 18.8. The van der Waals surface area contributed by atoms with Gasteiger partial charge in [-0.05, 0) is 30.3 Å². The largest absolute Gasteiger partial charge is 0.495 e. The lowest BCUT2D eigenvalue weighted by Gasteiger charge is -2.11. The van der Waals surface area contributed by atoms with Crippen LogP contribution in [0.25, 0.3) is 11.0 Å². The molecular formula is C19H17ClN6O. The van der Waals surface area contributed by atoms with Crippen LogP contribution in [0.4, 0.5) is 23.1 Å². The Balaban J connectivity index is 1.72. The Morgan fingerprint density at radius 2 is 1.81 bits per heavy atom. The van der Waals surface area contributed by atoms with E-state index in [2.05, 4.69) is 25.7 Å². The van der Waals surface area contributed by atoms with E-state index in [0.29, 0.717) is 28.2 Å². The molecule has 8 heteroatoms. The first kappa shape index (κ1) is 17.1. The lowest BCUT2D eigenvalue weighted by molar-refractivity contribution is 0.415. The van der Waals surface area contributed by atoms with Crippen LogP contribution in [0.3, 0.4) is 0 Å². The average molecular weight is 381 g/mol. The molecule has 0 fully saturated rings. The summed E-state index contributed by atoms with van der Waals surface area (Å²) in [5.74, 6) is 1.71. The van der Waals surface area contributed by atoms with E-state index >= 15 is 0 Å². The van der Waals surface area contributed by atoms with Gasteiger partial charge in [-0.3, -0.25) is 4.68 Å². The van der Waals surface area contributed by atoms with Gasteiger partial charge in [0.05, 0.1) is 23.7 Å². The minimum atomic E-state index is 0.436.